The topological polar surface area (TPSA) is 40.5 Å². The summed E-state index contributed by atoms with van der Waals surface area (Å²) in [7, 11) is 0. The SMILES string of the molecule is CCCCCCN(CC(=O)O)C(C)(C)C. The molecule has 90 valence electrons. The third-order valence-electron chi connectivity index (χ3n) is 2.56. The number of hydrogen-bond donors (Lipinski definition) is 1. The molecule has 1 N–H and O–H groups in total. The van der Waals surface area contributed by atoms with E-state index in [1.54, 1.807) is 0 Å². The Bertz CT molecular complexity index is 185. The Kier molecular flexibility index (Phi) is 6.57. The quantitative estimate of drug-likeness (QED) is 0.664. The van der Waals surface area contributed by atoms with Crippen molar-refractivity contribution in [2.24, 2.45) is 0 Å². The molecule has 0 saturated carbocycles. The molecular formula is C12H25NO2. The van der Waals surface area contributed by atoms with Crippen LogP contribution in [0.25, 0.3) is 0 Å². The number of aliphatic carboxylic acids is 1. The van der Waals surface area contributed by atoms with Gasteiger partial charge in [-0.15, -0.1) is 0 Å². The van der Waals surface area contributed by atoms with Crippen LogP contribution in [-0.2, 0) is 4.79 Å². The molecule has 0 spiro atoms. The van der Waals surface area contributed by atoms with Gasteiger partial charge in [0.1, 0.15) is 0 Å². The molecule has 0 amide bonds. The lowest BCUT2D eigenvalue weighted by Crippen LogP contribution is -2.44. The Morgan fingerprint density at radius 2 is 1.80 bits per heavy atom. The van der Waals surface area contributed by atoms with E-state index in [9.17, 15) is 4.79 Å². The van der Waals surface area contributed by atoms with Crippen LogP contribution in [-0.4, -0.2) is 34.6 Å². The maximum atomic E-state index is 10.7. The van der Waals surface area contributed by atoms with E-state index in [1.807, 2.05) is 4.90 Å². The van der Waals surface area contributed by atoms with E-state index in [0.717, 1.165) is 13.0 Å². The van der Waals surface area contributed by atoms with Crippen LogP contribution in [0.4, 0.5) is 0 Å². The summed E-state index contributed by atoms with van der Waals surface area (Å²) in [5.74, 6) is -0.736. The highest BCUT2D eigenvalue weighted by Gasteiger charge is 2.22. The van der Waals surface area contributed by atoms with Crippen LogP contribution in [0.5, 0.6) is 0 Å². The van der Waals surface area contributed by atoms with E-state index >= 15 is 0 Å². The summed E-state index contributed by atoms with van der Waals surface area (Å²) in [6.45, 7) is 9.41. The minimum absolute atomic E-state index is 0.0510. The van der Waals surface area contributed by atoms with E-state index in [2.05, 4.69) is 27.7 Å². The molecule has 0 fully saturated rings. The average molecular weight is 215 g/mol. The van der Waals surface area contributed by atoms with Gasteiger partial charge in [0.2, 0.25) is 0 Å². The second-order valence-electron chi connectivity index (χ2n) is 5.05. The molecule has 0 aromatic carbocycles. The lowest BCUT2D eigenvalue weighted by Gasteiger charge is -2.34. The van der Waals surface area contributed by atoms with Gasteiger partial charge in [-0.3, -0.25) is 9.69 Å². The molecule has 0 unspecified atom stereocenters. The fourth-order valence-corrected chi connectivity index (χ4v) is 1.54. The van der Waals surface area contributed by atoms with Gasteiger partial charge in [-0.1, -0.05) is 26.2 Å². The number of carboxylic acids is 1. The van der Waals surface area contributed by atoms with Crippen molar-refractivity contribution in [2.75, 3.05) is 13.1 Å². The normalized spacial score (nSPS) is 12.1. The van der Waals surface area contributed by atoms with Crippen molar-refractivity contribution in [2.45, 2.75) is 58.9 Å². The third-order valence-corrected chi connectivity index (χ3v) is 2.56. The second-order valence-corrected chi connectivity index (χ2v) is 5.05. The molecule has 0 aliphatic carbocycles. The molecule has 0 heterocycles. The number of unbranched alkanes of at least 4 members (excludes halogenated alkanes) is 3. The predicted octanol–water partition coefficient (Wildman–Crippen LogP) is 2.75. The summed E-state index contributed by atoms with van der Waals surface area (Å²) in [5, 5.41) is 8.81. The number of hydrogen-bond acceptors (Lipinski definition) is 2. The number of rotatable bonds is 7. The van der Waals surface area contributed by atoms with Crippen LogP contribution in [0.3, 0.4) is 0 Å². The van der Waals surface area contributed by atoms with E-state index < -0.39 is 5.97 Å². The van der Waals surface area contributed by atoms with Crippen LogP contribution >= 0.6 is 0 Å². The molecule has 0 saturated heterocycles. The van der Waals surface area contributed by atoms with Crippen LogP contribution in [0, 0.1) is 0 Å². The Hall–Kier alpha value is -0.570. The standard InChI is InChI=1S/C12H25NO2/c1-5-6-7-8-9-13(10-11(14)15)12(2,3)4/h5-10H2,1-4H3,(H,14,15). The van der Waals surface area contributed by atoms with Gasteiger partial charge in [-0.2, -0.15) is 0 Å². The minimum Gasteiger partial charge on any atom is -0.480 e. The molecule has 0 atom stereocenters. The fourth-order valence-electron chi connectivity index (χ4n) is 1.54. The summed E-state index contributed by atoms with van der Waals surface area (Å²) in [5.41, 5.74) is -0.0510. The van der Waals surface area contributed by atoms with Gasteiger partial charge < -0.3 is 5.11 Å². The number of carbonyl (C=O) groups is 1. The van der Waals surface area contributed by atoms with Crippen LogP contribution < -0.4 is 0 Å². The first kappa shape index (κ1) is 14.4. The zero-order valence-electron chi connectivity index (χ0n) is 10.5. The maximum Gasteiger partial charge on any atom is 0.317 e. The first-order valence-electron chi connectivity index (χ1n) is 5.84. The average Bonchev–Trinajstić information content (AvgIpc) is 2.08. The fraction of sp³-hybridized carbons (Fsp3) is 0.917. The zero-order valence-corrected chi connectivity index (χ0v) is 10.5. The Balaban J connectivity index is 3.97. The molecule has 0 aliphatic rings. The van der Waals surface area contributed by atoms with Crippen molar-refractivity contribution in [1.82, 2.24) is 4.90 Å². The van der Waals surface area contributed by atoms with Gasteiger partial charge >= 0.3 is 5.97 Å². The van der Waals surface area contributed by atoms with Crippen molar-refractivity contribution < 1.29 is 9.90 Å². The van der Waals surface area contributed by atoms with Crippen molar-refractivity contribution in [1.29, 1.82) is 0 Å². The lowest BCUT2D eigenvalue weighted by atomic mass is 10.0. The highest BCUT2D eigenvalue weighted by Crippen LogP contribution is 2.14. The van der Waals surface area contributed by atoms with E-state index in [1.165, 1.54) is 19.3 Å². The maximum absolute atomic E-state index is 10.7. The molecule has 15 heavy (non-hydrogen) atoms. The molecule has 0 aromatic rings. The van der Waals surface area contributed by atoms with E-state index in [-0.39, 0.29) is 12.1 Å². The summed E-state index contributed by atoms with van der Waals surface area (Å²) < 4.78 is 0. The van der Waals surface area contributed by atoms with Gasteiger partial charge in [0.15, 0.2) is 0 Å². The molecule has 0 aliphatic heterocycles. The molecule has 0 bridgehead atoms. The number of carboxylic acid groups (broad SMARTS) is 1. The van der Waals surface area contributed by atoms with Crippen LogP contribution in [0.2, 0.25) is 0 Å². The summed E-state index contributed by atoms with van der Waals surface area (Å²) >= 11 is 0. The highest BCUT2D eigenvalue weighted by atomic mass is 16.4. The lowest BCUT2D eigenvalue weighted by molar-refractivity contribution is -0.139. The first-order chi connectivity index (χ1) is 6.88. The summed E-state index contributed by atoms with van der Waals surface area (Å²) in [6, 6.07) is 0. The molecular weight excluding hydrogens is 190 g/mol. The van der Waals surface area contributed by atoms with Crippen molar-refractivity contribution >= 4 is 5.97 Å². The predicted molar refractivity (Wildman–Crippen MR) is 63.1 cm³/mol. The molecule has 0 radical (unpaired) electrons. The Morgan fingerprint density at radius 3 is 2.20 bits per heavy atom. The Labute approximate surface area is 93.5 Å². The van der Waals surface area contributed by atoms with Gasteiger partial charge in [0.25, 0.3) is 0 Å². The highest BCUT2D eigenvalue weighted by molar-refractivity contribution is 5.69. The summed E-state index contributed by atoms with van der Waals surface area (Å²) in [6.07, 6.45) is 4.75. The monoisotopic (exact) mass is 215 g/mol. The van der Waals surface area contributed by atoms with Crippen molar-refractivity contribution in [3.05, 3.63) is 0 Å². The van der Waals surface area contributed by atoms with Crippen LogP contribution in [0.15, 0.2) is 0 Å². The number of nitrogens with zero attached hydrogens (tertiary/aromatic N) is 1. The Morgan fingerprint density at radius 1 is 1.20 bits per heavy atom. The molecule has 0 rings (SSSR count). The molecule has 0 aromatic heterocycles. The molecule has 3 nitrogen and oxygen atoms in total. The summed E-state index contributed by atoms with van der Waals surface area (Å²) in [4.78, 5) is 12.7. The van der Waals surface area contributed by atoms with Crippen molar-refractivity contribution in [3.63, 3.8) is 0 Å². The second kappa shape index (κ2) is 6.83. The van der Waals surface area contributed by atoms with E-state index in [0.29, 0.717) is 0 Å². The minimum atomic E-state index is -0.736. The van der Waals surface area contributed by atoms with Gasteiger partial charge in [-0.25, -0.2) is 0 Å². The first-order valence-corrected chi connectivity index (χ1v) is 5.84. The third kappa shape index (κ3) is 7.37. The van der Waals surface area contributed by atoms with Gasteiger partial charge in [0.05, 0.1) is 6.54 Å². The van der Waals surface area contributed by atoms with Gasteiger partial charge in [0, 0.05) is 5.54 Å². The van der Waals surface area contributed by atoms with Gasteiger partial charge in [-0.05, 0) is 33.7 Å². The van der Waals surface area contributed by atoms with Crippen LogP contribution in [0.1, 0.15) is 53.4 Å². The smallest absolute Gasteiger partial charge is 0.317 e. The zero-order chi connectivity index (χ0) is 11.9. The van der Waals surface area contributed by atoms with E-state index in [4.69, 9.17) is 5.11 Å². The largest absolute Gasteiger partial charge is 0.480 e. The van der Waals surface area contributed by atoms with Crippen molar-refractivity contribution in [3.8, 4) is 0 Å². The molecule has 3 heteroatoms.